The molecule has 0 radical (unpaired) electrons. The summed E-state index contributed by atoms with van der Waals surface area (Å²) in [6, 6.07) is 22.1. The number of carbonyl (C=O) groups excluding carboxylic acids is 1. The molecule has 0 spiro atoms. The van der Waals surface area contributed by atoms with Crippen molar-refractivity contribution in [1.29, 1.82) is 0 Å². The van der Waals surface area contributed by atoms with Gasteiger partial charge in [0.05, 0.1) is 6.61 Å². The Balaban J connectivity index is 1.79. The van der Waals surface area contributed by atoms with Gasteiger partial charge in [-0.2, -0.15) is 0 Å². The van der Waals surface area contributed by atoms with E-state index in [0.29, 0.717) is 52.3 Å². The Kier molecular flexibility index (Phi) is 8.75. The van der Waals surface area contributed by atoms with E-state index in [-0.39, 0.29) is 18.6 Å². The summed E-state index contributed by atoms with van der Waals surface area (Å²) in [4.78, 5) is 18.9. The number of carbonyl (C=O) groups is 1. The van der Waals surface area contributed by atoms with Gasteiger partial charge in [-0.3, -0.25) is 4.79 Å². The Hall–Kier alpha value is -3.06. The molecule has 4 rings (SSSR count). The van der Waals surface area contributed by atoms with E-state index in [0.717, 1.165) is 5.56 Å². The highest BCUT2D eigenvalue weighted by Crippen LogP contribution is 2.45. The largest absolute Gasteiger partial charge is 0.494 e. The average Bonchev–Trinajstić information content (AvgIpc) is 3.25. The van der Waals surface area contributed by atoms with Crippen molar-refractivity contribution in [3.8, 4) is 5.75 Å². The number of benzene rings is 3. The third kappa shape index (κ3) is 6.27. The molecular formula is C29H30Cl2N2O4. The standard InChI is InChI=1S/C29H30Cl2N2O4/c1-19(2)32-28(35)29(18-20-7-4-3-5-8-20)26(24-14-11-22(30)17-25(24)31)37-27(33-29)21-9-12-23(13-10-21)36-16-6-15-34/h3-5,7-14,17,19,26,34H,6,15-16,18H2,1-2H3,(H,32,35)/t26-,29-/m1/s1. The van der Waals surface area contributed by atoms with Crippen LogP contribution >= 0.6 is 23.2 Å². The number of ether oxygens (including phenoxy) is 2. The minimum atomic E-state index is -1.31. The van der Waals surface area contributed by atoms with E-state index in [1.54, 1.807) is 18.2 Å². The first-order valence-electron chi connectivity index (χ1n) is 12.2. The normalized spacial score (nSPS) is 18.9. The molecule has 1 amide bonds. The molecule has 194 valence electrons. The minimum Gasteiger partial charge on any atom is -0.494 e. The molecule has 3 aromatic carbocycles. The molecular weight excluding hydrogens is 511 g/mol. The molecule has 0 saturated carbocycles. The predicted octanol–water partition coefficient (Wildman–Crippen LogP) is 5.78. The van der Waals surface area contributed by atoms with Crippen molar-refractivity contribution >= 4 is 35.0 Å². The van der Waals surface area contributed by atoms with Crippen LogP contribution in [0.25, 0.3) is 0 Å². The van der Waals surface area contributed by atoms with Gasteiger partial charge in [0.2, 0.25) is 5.90 Å². The van der Waals surface area contributed by atoms with Crippen molar-refractivity contribution in [3.05, 3.63) is 99.5 Å². The lowest BCUT2D eigenvalue weighted by Crippen LogP contribution is -2.51. The van der Waals surface area contributed by atoms with Crippen LogP contribution in [0.1, 0.15) is 43.1 Å². The van der Waals surface area contributed by atoms with Crippen molar-refractivity contribution in [1.82, 2.24) is 5.32 Å². The summed E-state index contributed by atoms with van der Waals surface area (Å²) in [6.45, 7) is 4.31. The molecule has 0 bridgehead atoms. The van der Waals surface area contributed by atoms with Gasteiger partial charge >= 0.3 is 0 Å². The summed E-state index contributed by atoms with van der Waals surface area (Å²) in [5.74, 6) is 0.760. The molecule has 6 nitrogen and oxygen atoms in total. The van der Waals surface area contributed by atoms with Crippen molar-refractivity contribution in [2.24, 2.45) is 4.99 Å². The quantitative estimate of drug-likeness (QED) is 0.319. The summed E-state index contributed by atoms with van der Waals surface area (Å²) in [6.07, 6.45) is 0.0716. The summed E-state index contributed by atoms with van der Waals surface area (Å²) in [5, 5.41) is 12.9. The van der Waals surface area contributed by atoms with Crippen LogP contribution in [0.15, 0.2) is 77.8 Å². The molecule has 1 heterocycles. The van der Waals surface area contributed by atoms with E-state index in [9.17, 15) is 4.79 Å². The zero-order valence-corrected chi connectivity index (χ0v) is 22.3. The molecule has 0 aliphatic carbocycles. The van der Waals surface area contributed by atoms with Crippen molar-refractivity contribution in [2.45, 2.75) is 44.4 Å². The highest BCUT2D eigenvalue weighted by molar-refractivity contribution is 6.35. The van der Waals surface area contributed by atoms with Gasteiger partial charge in [-0.05, 0) is 55.8 Å². The molecule has 0 unspecified atom stereocenters. The van der Waals surface area contributed by atoms with Gasteiger partial charge in [0.15, 0.2) is 11.6 Å². The summed E-state index contributed by atoms with van der Waals surface area (Å²) in [7, 11) is 0. The van der Waals surface area contributed by atoms with Crippen LogP contribution in [0.4, 0.5) is 0 Å². The van der Waals surface area contributed by atoms with E-state index in [1.807, 2.05) is 68.4 Å². The Morgan fingerprint density at radius 2 is 1.84 bits per heavy atom. The van der Waals surface area contributed by atoms with Crippen LogP contribution in [-0.2, 0) is 16.0 Å². The molecule has 0 saturated heterocycles. The number of amides is 1. The van der Waals surface area contributed by atoms with Crippen molar-refractivity contribution < 1.29 is 19.4 Å². The number of aliphatic imine (C=N–C) groups is 1. The molecule has 1 aliphatic rings. The second-order valence-electron chi connectivity index (χ2n) is 9.25. The predicted molar refractivity (Wildman–Crippen MR) is 147 cm³/mol. The maximum atomic E-state index is 13.9. The monoisotopic (exact) mass is 540 g/mol. The lowest BCUT2D eigenvalue weighted by atomic mass is 9.81. The third-order valence-corrected chi connectivity index (χ3v) is 6.57. The first-order chi connectivity index (χ1) is 17.8. The summed E-state index contributed by atoms with van der Waals surface area (Å²) >= 11 is 12.8. The topological polar surface area (TPSA) is 80.2 Å². The van der Waals surface area contributed by atoms with Gasteiger partial charge in [-0.25, -0.2) is 4.99 Å². The van der Waals surface area contributed by atoms with E-state index in [2.05, 4.69) is 5.32 Å². The Morgan fingerprint density at radius 3 is 2.49 bits per heavy atom. The van der Waals surface area contributed by atoms with E-state index in [1.165, 1.54) is 0 Å². The summed E-state index contributed by atoms with van der Waals surface area (Å²) in [5.41, 5.74) is 0.965. The number of hydrogen-bond donors (Lipinski definition) is 2. The van der Waals surface area contributed by atoms with Crippen LogP contribution in [0.2, 0.25) is 10.0 Å². The van der Waals surface area contributed by atoms with Crippen molar-refractivity contribution in [3.63, 3.8) is 0 Å². The molecule has 3 aromatic rings. The van der Waals surface area contributed by atoms with Gasteiger partial charge in [0, 0.05) is 46.7 Å². The fourth-order valence-electron chi connectivity index (χ4n) is 4.27. The fourth-order valence-corrected chi connectivity index (χ4v) is 4.78. The van der Waals surface area contributed by atoms with E-state index < -0.39 is 11.6 Å². The van der Waals surface area contributed by atoms with Gasteiger partial charge in [0.25, 0.3) is 5.91 Å². The van der Waals surface area contributed by atoms with Crippen LogP contribution < -0.4 is 10.1 Å². The fraction of sp³-hybridized carbons (Fsp3) is 0.310. The Bertz CT molecular complexity index is 1250. The second-order valence-corrected chi connectivity index (χ2v) is 10.1. The van der Waals surface area contributed by atoms with Gasteiger partial charge in [-0.1, -0.05) is 59.6 Å². The number of aliphatic hydroxyl groups excluding tert-OH is 1. The maximum absolute atomic E-state index is 13.9. The highest BCUT2D eigenvalue weighted by atomic mass is 35.5. The summed E-state index contributed by atoms with van der Waals surface area (Å²) < 4.78 is 12.1. The number of rotatable bonds is 10. The molecule has 2 atom stereocenters. The van der Waals surface area contributed by atoms with Gasteiger partial charge in [-0.15, -0.1) is 0 Å². The molecule has 2 N–H and O–H groups in total. The zero-order chi connectivity index (χ0) is 26.4. The van der Waals surface area contributed by atoms with Crippen LogP contribution in [0, 0.1) is 0 Å². The number of hydrogen-bond acceptors (Lipinski definition) is 5. The maximum Gasteiger partial charge on any atom is 0.252 e. The molecule has 0 aromatic heterocycles. The number of aliphatic hydroxyl groups is 1. The highest BCUT2D eigenvalue weighted by Gasteiger charge is 2.54. The molecule has 1 aliphatic heterocycles. The first-order valence-corrected chi connectivity index (χ1v) is 13.0. The number of halogens is 2. The second kappa shape index (κ2) is 12.0. The van der Waals surface area contributed by atoms with Crippen molar-refractivity contribution in [2.75, 3.05) is 13.2 Å². The smallest absolute Gasteiger partial charge is 0.252 e. The third-order valence-electron chi connectivity index (χ3n) is 6.01. The first kappa shape index (κ1) is 27.0. The van der Waals surface area contributed by atoms with Crippen LogP contribution in [-0.4, -0.2) is 41.7 Å². The van der Waals surface area contributed by atoms with E-state index >= 15 is 0 Å². The van der Waals surface area contributed by atoms with Crippen LogP contribution in [0.5, 0.6) is 5.75 Å². The van der Waals surface area contributed by atoms with Crippen LogP contribution in [0.3, 0.4) is 0 Å². The molecule has 37 heavy (non-hydrogen) atoms. The minimum absolute atomic E-state index is 0.0688. The lowest BCUT2D eigenvalue weighted by Gasteiger charge is -2.32. The number of nitrogens with one attached hydrogen (secondary N) is 1. The van der Waals surface area contributed by atoms with E-state index in [4.69, 9.17) is 42.8 Å². The lowest BCUT2D eigenvalue weighted by molar-refractivity contribution is -0.129. The Morgan fingerprint density at radius 1 is 1.11 bits per heavy atom. The average molecular weight is 541 g/mol. The van der Waals surface area contributed by atoms with Gasteiger partial charge < -0.3 is 19.9 Å². The SMILES string of the molecule is CC(C)NC(=O)[C@]1(Cc2ccccc2)N=C(c2ccc(OCCCO)cc2)O[C@@H]1c1ccc(Cl)cc1Cl. The zero-order valence-electron chi connectivity index (χ0n) is 20.8. The van der Waals surface area contributed by atoms with Gasteiger partial charge in [0.1, 0.15) is 5.75 Å². The Labute approximate surface area is 227 Å². The molecule has 8 heteroatoms. The number of nitrogens with zero attached hydrogens (tertiary/aromatic N) is 1. The molecule has 0 fully saturated rings.